The lowest BCUT2D eigenvalue weighted by atomic mass is 10.6. The van der Waals surface area contributed by atoms with Crippen LogP contribution < -0.4 is 57.3 Å². The van der Waals surface area contributed by atoms with Crippen LogP contribution in [0.2, 0.25) is 0 Å². The Balaban J connectivity index is -0.0000000347. The van der Waals surface area contributed by atoms with Crippen molar-refractivity contribution in [2.24, 2.45) is 77.8 Å². The van der Waals surface area contributed by atoms with Crippen LogP contribution in [0.5, 0.6) is 0 Å². The molecule has 0 rings (SSSR count). The fourth-order valence-electron chi connectivity index (χ4n) is 0.219. The fraction of sp³-hybridized carbons (Fsp3) is 1.00. The first-order valence-corrected chi connectivity index (χ1v) is 10.8. The average Bonchev–Trinajstić information content (AvgIpc) is 2.79. The van der Waals surface area contributed by atoms with Crippen LogP contribution in [0.1, 0.15) is 48.0 Å². The van der Waals surface area contributed by atoms with E-state index in [0.717, 1.165) is 19.6 Å². The molecular formula is C15H54N22. The second-order valence-corrected chi connectivity index (χ2v) is 4.52. The first-order valence-electron chi connectivity index (χ1n) is 10.8. The van der Waals surface area contributed by atoms with Crippen LogP contribution in [0, 0.1) is 0 Å². The van der Waals surface area contributed by atoms with Crippen LogP contribution in [-0.4, -0.2) is 52.1 Å². The minimum atomic E-state index is -0.894. The monoisotopic (exact) mass is 542 g/mol. The summed E-state index contributed by atoms with van der Waals surface area (Å²) in [5.74, 6) is 0. The summed E-state index contributed by atoms with van der Waals surface area (Å²) >= 11 is 0. The largest absolute Gasteiger partial charge is 0.331 e. The van der Waals surface area contributed by atoms with E-state index in [1.807, 2.05) is 20.8 Å². The molecule has 0 aromatic heterocycles. The van der Waals surface area contributed by atoms with Gasteiger partial charge in [-0.25, -0.2) is 0 Å². The van der Waals surface area contributed by atoms with Gasteiger partial charge in [-0.05, 0) is 41.8 Å². The molecule has 0 aliphatic carbocycles. The van der Waals surface area contributed by atoms with Crippen molar-refractivity contribution in [3.05, 3.63) is 41.8 Å². The molecule has 0 bridgehead atoms. The van der Waals surface area contributed by atoms with E-state index in [-0.39, 0.29) is 13.3 Å². The molecule has 0 amide bonds. The Morgan fingerprint density at radius 1 is 0.541 bits per heavy atom. The molecule has 0 aliphatic heterocycles. The van der Waals surface area contributed by atoms with Gasteiger partial charge in [-0.1, -0.05) is 68.4 Å². The first-order chi connectivity index (χ1) is 17.4. The molecule has 0 fully saturated rings. The maximum absolute atomic E-state index is 7.54. The van der Waals surface area contributed by atoms with Crippen molar-refractivity contribution in [2.75, 3.05) is 39.5 Å². The summed E-state index contributed by atoms with van der Waals surface area (Å²) in [7, 11) is 0. The van der Waals surface area contributed by atoms with E-state index < -0.39 is 12.6 Å². The zero-order valence-electron chi connectivity index (χ0n) is 23.2. The molecule has 0 saturated carbocycles. The normalized spacial score (nSPS) is 6.54. The molecule has 37 heavy (non-hydrogen) atoms. The molecule has 20 N–H and O–H groups in total. The molecule has 0 saturated heterocycles. The van der Waals surface area contributed by atoms with Crippen molar-refractivity contribution >= 4 is 0 Å². The summed E-state index contributed by atoms with van der Waals surface area (Å²) in [6.07, 6.45) is -0.537. The molecule has 0 aromatic carbocycles. The molecule has 0 aromatic rings. The molecule has 0 aliphatic rings. The lowest BCUT2D eigenvalue weighted by Gasteiger charge is -1.85. The van der Waals surface area contributed by atoms with Gasteiger partial charge in [-0.2, -0.15) is 0 Å². The lowest BCUT2D eigenvalue weighted by Crippen LogP contribution is -2.26. The van der Waals surface area contributed by atoms with Crippen LogP contribution in [0.15, 0.2) is 20.5 Å². The highest BCUT2D eigenvalue weighted by molar-refractivity contribution is 4.46. The predicted molar refractivity (Wildman–Crippen MR) is 154 cm³/mol. The van der Waals surface area contributed by atoms with Crippen molar-refractivity contribution in [3.63, 3.8) is 0 Å². The van der Waals surface area contributed by atoms with Gasteiger partial charge < -0.3 is 57.3 Å². The van der Waals surface area contributed by atoms with E-state index in [0.29, 0.717) is 6.54 Å². The van der Waals surface area contributed by atoms with Gasteiger partial charge in [0.25, 0.3) is 0 Å². The van der Waals surface area contributed by atoms with Gasteiger partial charge in [-0.15, -0.1) is 0 Å². The third-order valence-electron chi connectivity index (χ3n) is 0.720. The van der Waals surface area contributed by atoms with E-state index in [9.17, 15) is 0 Å². The molecule has 0 unspecified atom stereocenters. The molecule has 22 nitrogen and oxygen atoms in total. The van der Waals surface area contributed by atoms with Crippen LogP contribution in [-0.2, 0) is 0 Å². The number of nitrogens with zero attached hydrogens (tertiary/aromatic N) is 12. The Morgan fingerprint density at radius 3 is 0.757 bits per heavy atom. The number of hydrogen-bond donors (Lipinski definition) is 10. The predicted octanol–water partition coefficient (Wildman–Crippen LogP) is 0.698. The SMILES string of the molecule is CCC.CCN.CCN.CCN.CCN=[N+]=[N-].NCN.[N-]=[N+]=NC(N)N.[N-]=[N+]=NC(N)N.[N-]=[N+]=NCN. The molecular weight excluding hydrogens is 488 g/mol. The number of nitrogens with two attached hydrogens (primary N) is 10. The van der Waals surface area contributed by atoms with E-state index in [1.165, 1.54) is 6.42 Å². The van der Waals surface area contributed by atoms with Crippen LogP contribution in [0.3, 0.4) is 0 Å². The van der Waals surface area contributed by atoms with Crippen molar-refractivity contribution in [3.8, 4) is 0 Å². The van der Waals surface area contributed by atoms with Gasteiger partial charge in [0.1, 0.15) is 12.6 Å². The summed E-state index contributed by atoms with van der Waals surface area (Å²) in [4.78, 5) is 9.45. The Bertz CT molecular complexity index is 435. The quantitative estimate of drug-likeness (QED) is 0.102. The topological polar surface area (TPSA) is 455 Å². The molecule has 224 valence electrons. The van der Waals surface area contributed by atoms with Crippen LogP contribution >= 0.6 is 0 Å². The summed E-state index contributed by atoms with van der Waals surface area (Å²) in [6.45, 7) is 14.9. The third kappa shape index (κ3) is 668. The molecule has 0 spiro atoms. The Kier molecular flexibility index (Phi) is 167. The Morgan fingerprint density at radius 2 is 0.757 bits per heavy atom. The first kappa shape index (κ1) is 59.1. The molecule has 0 radical (unpaired) electrons. The summed E-state index contributed by atoms with van der Waals surface area (Å²) in [6, 6.07) is 0. The van der Waals surface area contributed by atoms with Gasteiger partial charge >= 0.3 is 0 Å². The van der Waals surface area contributed by atoms with Crippen LogP contribution in [0.25, 0.3) is 41.8 Å². The smallest absolute Gasteiger partial charge is 0.133 e. The zero-order chi connectivity index (χ0) is 31.8. The Labute approximate surface area is 220 Å². The lowest BCUT2D eigenvalue weighted by molar-refractivity contribution is 0.742. The standard InChI is InChI=1S/C3H8.C2H5N3.3C2H7N.2CH5N5.CH4N4.CH6N2/c1-3-2;1-2-4-5-3;3*1-2-3;2*2-1(3)5-6-4;2-1-4-5-3;2-1-3/h3H2,1-2H3;2H2,1H3;3*2-3H2,1H3;2*1H,2-3H2;1-2H2;1-3H2. The minimum Gasteiger partial charge on any atom is -0.331 e. The average molecular weight is 543 g/mol. The van der Waals surface area contributed by atoms with Gasteiger partial charge in [-0.3, -0.25) is 0 Å². The number of azide groups is 4. The third-order valence-corrected chi connectivity index (χ3v) is 0.720. The van der Waals surface area contributed by atoms with Crippen LogP contribution in [0.4, 0.5) is 0 Å². The van der Waals surface area contributed by atoms with Crippen molar-refractivity contribution < 1.29 is 0 Å². The zero-order valence-corrected chi connectivity index (χ0v) is 23.2. The Hall–Kier alpha value is -3.16. The van der Waals surface area contributed by atoms with Gasteiger partial charge in [0.05, 0.1) is 6.67 Å². The van der Waals surface area contributed by atoms with Gasteiger partial charge in [0, 0.05) is 32.9 Å². The maximum atomic E-state index is 7.54. The fourth-order valence-corrected chi connectivity index (χ4v) is 0.219. The highest BCUT2D eigenvalue weighted by Crippen LogP contribution is 1.64. The summed E-state index contributed by atoms with van der Waals surface area (Å²) in [5.41, 5.74) is 77.6. The number of rotatable bonds is 4. The second-order valence-electron chi connectivity index (χ2n) is 4.52. The van der Waals surface area contributed by atoms with E-state index in [4.69, 9.17) is 68.0 Å². The van der Waals surface area contributed by atoms with E-state index in [1.54, 1.807) is 6.92 Å². The van der Waals surface area contributed by atoms with Gasteiger partial charge in [0.2, 0.25) is 0 Å². The maximum Gasteiger partial charge on any atom is 0.133 e. The highest BCUT2D eigenvalue weighted by Gasteiger charge is 1.77. The summed E-state index contributed by atoms with van der Waals surface area (Å²) < 4.78 is 0. The summed E-state index contributed by atoms with van der Waals surface area (Å²) in [5, 5.41) is 11.8. The van der Waals surface area contributed by atoms with Crippen molar-refractivity contribution in [1.82, 2.24) is 0 Å². The molecule has 0 atom stereocenters. The number of hydrogen-bond acceptors (Lipinski definition) is 14. The van der Waals surface area contributed by atoms with E-state index in [2.05, 4.69) is 65.4 Å². The molecule has 22 heteroatoms. The highest BCUT2D eigenvalue weighted by atomic mass is 15.2. The van der Waals surface area contributed by atoms with Crippen molar-refractivity contribution in [2.45, 2.75) is 60.5 Å². The van der Waals surface area contributed by atoms with E-state index >= 15 is 0 Å². The van der Waals surface area contributed by atoms with Gasteiger partial charge in [0.15, 0.2) is 0 Å². The van der Waals surface area contributed by atoms with Crippen molar-refractivity contribution in [1.29, 1.82) is 0 Å². The molecule has 0 heterocycles. The minimum absolute atomic E-state index is 0.0521. The second kappa shape index (κ2) is 105.